The zero-order valence-corrected chi connectivity index (χ0v) is 7.84. The Balaban J connectivity index is 2.24. The highest BCUT2D eigenvalue weighted by atomic mass is 16.3. The lowest BCUT2D eigenvalue weighted by Crippen LogP contribution is -2.30. The Morgan fingerprint density at radius 3 is 2.75 bits per heavy atom. The first-order valence-electron chi connectivity index (χ1n) is 4.44. The Labute approximate surface area is 73.4 Å². The van der Waals surface area contributed by atoms with Crippen LogP contribution in [0, 0.1) is 0 Å². The molecule has 0 aromatic rings. The van der Waals surface area contributed by atoms with Crippen molar-refractivity contribution in [3.05, 3.63) is 0 Å². The first-order valence-corrected chi connectivity index (χ1v) is 4.44. The summed E-state index contributed by atoms with van der Waals surface area (Å²) in [7, 11) is 0. The summed E-state index contributed by atoms with van der Waals surface area (Å²) in [5.74, 6) is 0.224. The van der Waals surface area contributed by atoms with Gasteiger partial charge in [-0.25, -0.2) is 0 Å². The Kier molecular flexibility index (Phi) is 2.85. The van der Waals surface area contributed by atoms with Gasteiger partial charge in [-0.3, -0.25) is 9.69 Å². The van der Waals surface area contributed by atoms with E-state index in [1.807, 2.05) is 6.92 Å². The van der Waals surface area contributed by atoms with Crippen molar-refractivity contribution >= 4 is 5.78 Å². The van der Waals surface area contributed by atoms with E-state index in [0.717, 1.165) is 19.5 Å². The second-order valence-electron chi connectivity index (χ2n) is 3.98. The van der Waals surface area contributed by atoms with Crippen LogP contribution in [0.3, 0.4) is 0 Å². The van der Waals surface area contributed by atoms with Gasteiger partial charge < -0.3 is 5.11 Å². The van der Waals surface area contributed by atoms with Crippen LogP contribution in [-0.2, 0) is 4.79 Å². The molecule has 0 spiro atoms. The number of ketones is 1. The highest BCUT2D eigenvalue weighted by Gasteiger charge is 2.30. The third-order valence-corrected chi connectivity index (χ3v) is 2.31. The van der Waals surface area contributed by atoms with Gasteiger partial charge in [-0.05, 0) is 20.3 Å². The number of carbonyl (C=O) groups excluding carboxylic acids is 1. The van der Waals surface area contributed by atoms with Crippen molar-refractivity contribution in [3.63, 3.8) is 0 Å². The molecule has 12 heavy (non-hydrogen) atoms. The highest BCUT2D eigenvalue weighted by Crippen LogP contribution is 2.19. The molecule has 1 rings (SSSR count). The maximum atomic E-state index is 10.7. The maximum absolute atomic E-state index is 10.7. The molecule has 0 radical (unpaired) electrons. The van der Waals surface area contributed by atoms with Crippen molar-refractivity contribution in [2.24, 2.45) is 0 Å². The van der Waals surface area contributed by atoms with Crippen LogP contribution >= 0.6 is 0 Å². The van der Waals surface area contributed by atoms with Gasteiger partial charge in [0.25, 0.3) is 0 Å². The second-order valence-corrected chi connectivity index (χ2v) is 3.98. The normalized spacial score (nSPS) is 30.9. The molecule has 0 aromatic heterocycles. The molecule has 1 saturated heterocycles. The Morgan fingerprint density at radius 2 is 2.33 bits per heavy atom. The molecule has 0 bridgehead atoms. The molecule has 0 saturated carbocycles. The average molecular weight is 171 g/mol. The fraction of sp³-hybridized carbons (Fsp3) is 0.889. The molecule has 3 nitrogen and oxygen atoms in total. The van der Waals surface area contributed by atoms with Gasteiger partial charge >= 0.3 is 0 Å². The van der Waals surface area contributed by atoms with Crippen LogP contribution in [-0.4, -0.2) is 41.0 Å². The SMILES string of the molecule is CC(=O)CCN1CCC(C)(O)C1. The third-order valence-electron chi connectivity index (χ3n) is 2.31. The minimum atomic E-state index is -0.531. The molecule has 0 aromatic carbocycles. The van der Waals surface area contributed by atoms with Crippen LogP contribution in [0.25, 0.3) is 0 Å². The van der Waals surface area contributed by atoms with E-state index in [2.05, 4.69) is 4.90 Å². The first kappa shape index (κ1) is 9.68. The number of nitrogens with zero attached hydrogens (tertiary/aromatic N) is 1. The fourth-order valence-corrected chi connectivity index (χ4v) is 1.55. The molecule has 0 aliphatic carbocycles. The molecule has 1 unspecified atom stereocenters. The van der Waals surface area contributed by atoms with Gasteiger partial charge in [-0.2, -0.15) is 0 Å². The topological polar surface area (TPSA) is 40.5 Å². The van der Waals surface area contributed by atoms with Crippen LogP contribution in [0.2, 0.25) is 0 Å². The van der Waals surface area contributed by atoms with E-state index in [0.29, 0.717) is 13.0 Å². The minimum Gasteiger partial charge on any atom is -0.389 e. The Hall–Kier alpha value is -0.410. The lowest BCUT2D eigenvalue weighted by molar-refractivity contribution is -0.117. The fourth-order valence-electron chi connectivity index (χ4n) is 1.55. The lowest BCUT2D eigenvalue weighted by atomic mass is 10.1. The van der Waals surface area contributed by atoms with E-state index in [1.165, 1.54) is 0 Å². The lowest BCUT2D eigenvalue weighted by Gasteiger charge is -2.17. The molecule has 1 atom stereocenters. The smallest absolute Gasteiger partial charge is 0.131 e. The molecule has 1 fully saturated rings. The number of rotatable bonds is 3. The third kappa shape index (κ3) is 2.91. The summed E-state index contributed by atoms with van der Waals surface area (Å²) in [5, 5.41) is 9.60. The van der Waals surface area contributed by atoms with E-state index in [9.17, 15) is 9.90 Å². The summed E-state index contributed by atoms with van der Waals surface area (Å²) in [6.07, 6.45) is 1.43. The molecule has 0 amide bonds. The van der Waals surface area contributed by atoms with E-state index in [-0.39, 0.29) is 5.78 Å². The van der Waals surface area contributed by atoms with Gasteiger partial charge in [0.1, 0.15) is 5.78 Å². The standard InChI is InChI=1S/C9H17NO2/c1-8(11)3-5-10-6-4-9(2,12)7-10/h12H,3-7H2,1-2H3. The number of β-amino-alcohol motifs (C(OH)–C–C–N with tert-alkyl or cyclic N) is 1. The molecular formula is C9H17NO2. The monoisotopic (exact) mass is 171 g/mol. The van der Waals surface area contributed by atoms with Crippen LogP contribution in [0.4, 0.5) is 0 Å². The van der Waals surface area contributed by atoms with E-state index in [4.69, 9.17) is 0 Å². The summed E-state index contributed by atoms with van der Waals surface area (Å²) in [4.78, 5) is 12.8. The summed E-state index contributed by atoms with van der Waals surface area (Å²) in [6.45, 7) is 5.88. The van der Waals surface area contributed by atoms with Gasteiger partial charge in [0.05, 0.1) is 5.60 Å². The van der Waals surface area contributed by atoms with E-state index in [1.54, 1.807) is 6.92 Å². The Morgan fingerprint density at radius 1 is 1.67 bits per heavy atom. The quantitative estimate of drug-likeness (QED) is 0.669. The van der Waals surface area contributed by atoms with Gasteiger partial charge in [-0.1, -0.05) is 0 Å². The predicted octanol–water partition coefficient (Wildman–Crippen LogP) is 0.422. The molecule has 1 N–H and O–H groups in total. The molecule has 3 heteroatoms. The number of likely N-dealkylation sites (tertiary alicyclic amines) is 1. The van der Waals surface area contributed by atoms with E-state index >= 15 is 0 Å². The maximum Gasteiger partial charge on any atom is 0.131 e. The number of aliphatic hydroxyl groups is 1. The number of Topliss-reactive ketones (excluding diaryl/α,β-unsaturated/α-hetero) is 1. The zero-order chi connectivity index (χ0) is 9.19. The van der Waals surface area contributed by atoms with Crippen molar-refractivity contribution in [3.8, 4) is 0 Å². The van der Waals surface area contributed by atoms with Crippen molar-refractivity contribution in [1.82, 2.24) is 4.90 Å². The first-order chi connectivity index (χ1) is 5.49. The van der Waals surface area contributed by atoms with Crippen molar-refractivity contribution in [1.29, 1.82) is 0 Å². The summed E-state index contributed by atoms with van der Waals surface area (Å²) in [6, 6.07) is 0. The summed E-state index contributed by atoms with van der Waals surface area (Å²) < 4.78 is 0. The van der Waals surface area contributed by atoms with Gasteiger partial charge in [0.15, 0.2) is 0 Å². The average Bonchev–Trinajstić information content (AvgIpc) is 2.26. The Bertz CT molecular complexity index is 177. The van der Waals surface area contributed by atoms with Crippen LogP contribution in [0.15, 0.2) is 0 Å². The van der Waals surface area contributed by atoms with Gasteiger partial charge in [-0.15, -0.1) is 0 Å². The van der Waals surface area contributed by atoms with Crippen LogP contribution in [0.5, 0.6) is 0 Å². The van der Waals surface area contributed by atoms with Crippen LogP contribution < -0.4 is 0 Å². The highest BCUT2D eigenvalue weighted by molar-refractivity contribution is 5.75. The molecular weight excluding hydrogens is 154 g/mol. The molecule has 1 aliphatic rings. The van der Waals surface area contributed by atoms with Crippen molar-refractivity contribution in [2.75, 3.05) is 19.6 Å². The summed E-state index contributed by atoms with van der Waals surface area (Å²) >= 11 is 0. The number of hydrogen-bond donors (Lipinski definition) is 1. The molecule has 1 aliphatic heterocycles. The van der Waals surface area contributed by atoms with Crippen LogP contribution in [0.1, 0.15) is 26.7 Å². The van der Waals surface area contributed by atoms with Crippen molar-refractivity contribution in [2.45, 2.75) is 32.3 Å². The summed E-state index contributed by atoms with van der Waals surface area (Å²) in [5.41, 5.74) is -0.531. The van der Waals surface area contributed by atoms with E-state index < -0.39 is 5.60 Å². The van der Waals surface area contributed by atoms with Gasteiger partial charge in [0, 0.05) is 26.1 Å². The molecule has 70 valence electrons. The largest absolute Gasteiger partial charge is 0.389 e. The molecule has 1 heterocycles. The number of carbonyl (C=O) groups is 1. The minimum absolute atomic E-state index is 0.224. The van der Waals surface area contributed by atoms with Crippen molar-refractivity contribution < 1.29 is 9.90 Å². The van der Waals surface area contributed by atoms with Gasteiger partial charge in [0.2, 0.25) is 0 Å². The second kappa shape index (κ2) is 3.54. The predicted molar refractivity (Wildman–Crippen MR) is 47.0 cm³/mol. The zero-order valence-electron chi connectivity index (χ0n) is 7.84. The number of hydrogen-bond acceptors (Lipinski definition) is 3.